The topological polar surface area (TPSA) is 18.5 Å². The first-order valence-corrected chi connectivity index (χ1v) is 6.08. The molecule has 16 heavy (non-hydrogen) atoms. The second kappa shape index (κ2) is 3.96. The molecule has 1 aliphatic rings. The molecule has 0 unspecified atom stereocenters. The minimum atomic E-state index is 0.112. The SMILES string of the molecule is COc1ccc2c(c1)COB2c1cccs1. The highest BCUT2D eigenvalue weighted by Gasteiger charge is 2.30. The standard InChI is InChI=1S/C12H11BO2S/c1-14-10-4-5-11-9(7-10)8-15-13(11)12-3-2-6-16-12/h2-7H,8H2,1H3. The number of thiophene rings is 1. The predicted octanol–water partition coefficient (Wildman–Crippen LogP) is 1.39. The van der Waals surface area contributed by atoms with E-state index in [1.165, 1.54) is 15.8 Å². The Labute approximate surface area is 98.9 Å². The lowest BCUT2D eigenvalue weighted by molar-refractivity contribution is 0.336. The maximum Gasteiger partial charge on any atom is 0.372 e. The smallest absolute Gasteiger partial charge is 0.372 e. The lowest BCUT2D eigenvalue weighted by Gasteiger charge is -2.04. The molecular weight excluding hydrogens is 219 g/mol. The Kier molecular flexibility index (Phi) is 2.46. The van der Waals surface area contributed by atoms with Gasteiger partial charge in [-0.15, -0.1) is 0 Å². The van der Waals surface area contributed by atoms with Gasteiger partial charge in [0, 0.05) is 4.78 Å². The monoisotopic (exact) mass is 230 g/mol. The van der Waals surface area contributed by atoms with Gasteiger partial charge in [0.25, 0.3) is 0 Å². The van der Waals surface area contributed by atoms with E-state index >= 15 is 0 Å². The molecule has 0 bridgehead atoms. The summed E-state index contributed by atoms with van der Waals surface area (Å²) in [7, 11) is 1.69. The van der Waals surface area contributed by atoms with Crippen molar-refractivity contribution >= 4 is 28.5 Å². The predicted molar refractivity (Wildman–Crippen MR) is 67.1 cm³/mol. The van der Waals surface area contributed by atoms with Crippen LogP contribution in [0.5, 0.6) is 5.75 Å². The van der Waals surface area contributed by atoms with Crippen LogP contribution in [0.3, 0.4) is 0 Å². The average Bonchev–Trinajstić information content (AvgIpc) is 2.96. The van der Waals surface area contributed by atoms with Crippen molar-refractivity contribution in [1.29, 1.82) is 0 Å². The molecule has 1 aromatic heterocycles. The largest absolute Gasteiger partial charge is 0.497 e. The first-order chi connectivity index (χ1) is 7.88. The van der Waals surface area contributed by atoms with Crippen LogP contribution in [-0.4, -0.2) is 14.0 Å². The van der Waals surface area contributed by atoms with Gasteiger partial charge in [0.05, 0.1) is 13.7 Å². The van der Waals surface area contributed by atoms with Gasteiger partial charge in [0.15, 0.2) is 0 Å². The van der Waals surface area contributed by atoms with Crippen LogP contribution >= 0.6 is 11.3 Å². The van der Waals surface area contributed by atoms with Gasteiger partial charge in [0.2, 0.25) is 0 Å². The van der Waals surface area contributed by atoms with Crippen LogP contribution in [0.25, 0.3) is 0 Å². The fraction of sp³-hybridized carbons (Fsp3) is 0.167. The molecule has 4 heteroatoms. The Balaban J connectivity index is 2.00. The average molecular weight is 230 g/mol. The van der Waals surface area contributed by atoms with Crippen molar-refractivity contribution in [2.75, 3.05) is 7.11 Å². The minimum absolute atomic E-state index is 0.112. The van der Waals surface area contributed by atoms with Gasteiger partial charge >= 0.3 is 6.92 Å². The molecule has 2 aromatic rings. The summed E-state index contributed by atoms with van der Waals surface area (Å²) in [4.78, 5) is 0. The molecule has 1 aliphatic heterocycles. The lowest BCUT2D eigenvalue weighted by atomic mass is 9.60. The van der Waals surface area contributed by atoms with Crippen molar-refractivity contribution in [3.63, 3.8) is 0 Å². The Hall–Kier alpha value is -1.26. The third kappa shape index (κ3) is 1.54. The summed E-state index contributed by atoms with van der Waals surface area (Å²) in [5, 5.41) is 2.08. The first kappa shape index (κ1) is 9.93. The van der Waals surface area contributed by atoms with Crippen molar-refractivity contribution in [3.8, 4) is 5.75 Å². The molecule has 0 aliphatic carbocycles. The van der Waals surface area contributed by atoms with Gasteiger partial charge in [-0.3, -0.25) is 0 Å². The van der Waals surface area contributed by atoms with Gasteiger partial charge in [0.1, 0.15) is 5.75 Å². The van der Waals surface area contributed by atoms with Gasteiger partial charge in [-0.2, -0.15) is 11.3 Å². The highest BCUT2D eigenvalue weighted by Crippen LogP contribution is 2.18. The summed E-state index contributed by atoms with van der Waals surface area (Å²) < 4.78 is 12.3. The molecule has 3 rings (SSSR count). The maximum atomic E-state index is 5.82. The Morgan fingerprint density at radius 1 is 1.38 bits per heavy atom. The molecule has 1 aromatic carbocycles. The third-order valence-corrected chi connectivity index (χ3v) is 3.76. The number of fused-ring (bicyclic) bond motifs is 1. The number of hydrogen-bond donors (Lipinski definition) is 0. The lowest BCUT2D eigenvalue weighted by Crippen LogP contribution is -2.39. The van der Waals surface area contributed by atoms with Crippen molar-refractivity contribution in [3.05, 3.63) is 41.3 Å². The summed E-state index contributed by atoms with van der Waals surface area (Å²) in [5.74, 6) is 0.897. The van der Waals surface area contributed by atoms with E-state index in [9.17, 15) is 0 Å². The highest BCUT2D eigenvalue weighted by atomic mass is 32.1. The van der Waals surface area contributed by atoms with Crippen LogP contribution < -0.4 is 15.0 Å². The maximum absolute atomic E-state index is 5.82. The molecule has 0 atom stereocenters. The van der Waals surface area contributed by atoms with E-state index in [1.54, 1.807) is 18.4 Å². The molecule has 0 radical (unpaired) electrons. The van der Waals surface area contributed by atoms with Crippen LogP contribution in [0.15, 0.2) is 35.7 Å². The highest BCUT2D eigenvalue weighted by molar-refractivity contribution is 7.23. The van der Waals surface area contributed by atoms with E-state index in [0.29, 0.717) is 6.61 Å². The molecule has 0 saturated heterocycles. The fourth-order valence-electron chi connectivity index (χ4n) is 2.03. The van der Waals surface area contributed by atoms with Crippen molar-refractivity contribution in [1.82, 2.24) is 0 Å². The van der Waals surface area contributed by atoms with E-state index in [1.807, 2.05) is 6.07 Å². The second-order valence-corrected chi connectivity index (χ2v) is 4.75. The molecule has 2 nitrogen and oxygen atoms in total. The molecule has 0 saturated carbocycles. The van der Waals surface area contributed by atoms with Crippen molar-refractivity contribution < 1.29 is 9.39 Å². The van der Waals surface area contributed by atoms with Crippen LogP contribution in [0.4, 0.5) is 0 Å². The quantitative estimate of drug-likeness (QED) is 0.726. The van der Waals surface area contributed by atoms with Gasteiger partial charge in [-0.05, 0) is 28.5 Å². The van der Waals surface area contributed by atoms with E-state index in [-0.39, 0.29) is 6.92 Å². The molecule has 0 amide bonds. The summed E-state index contributed by atoms with van der Waals surface area (Å²) >= 11 is 1.74. The summed E-state index contributed by atoms with van der Waals surface area (Å²) in [5.41, 5.74) is 2.50. The van der Waals surface area contributed by atoms with Crippen molar-refractivity contribution in [2.45, 2.75) is 6.61 Å². The number of methoxy groups -OCH3 is 1. The number of ether oxygens (including phenoxy) is 1. The zero-order valence-corrected chi connectivity index (χ0v) is 9.79. The van der Waals surface area contributed by atoms with Gasteiger partial charge < -0.3 is 9.39 Å². The summed E-state index contributed by atoms with van der Waals surface area (Å²) in [6, 6.07) is 10.3. The Bertz CT molecular complexity index is 496. The summed E-state index contributed by atoms with van der Waals surface area (Å²) in [6.45, 7) is 0.788. The first-order valence-electron chi connectivity index (χ1n) is 5.20. The zero-order valence-electron chi connectivity index (χ0n) is 8.97. The van der Waals surface area contributed by atoms with Crippen LogP contribution in [-0.2, 0) is 11.3 Å². The Morgan fingerprint density at radius 3 is 3.06 bits per heavy atom. The fourth-order valence-corrected chi connectivity index (χ4v) is 2.82. The van der Waals surface area contributed by atoms with Crippen molar-refractivity contribution in [2.24, 2.45) is 0 Å². The number of benzene rings is 1. The molecular formula is C12H11BO2S. The van der Waals surface area contributed by atoms with Crippen LogP contribution in [0.2, 0.25) is 0 Å². The summed E-state index contributed by atoms with van der Waals surface area (Å²) in [6.07, 6.45) is 0. The molecule has 0 spiro atoms. The van der Waals surface area contributed by atoms with Gasteiger partial charge in [-0.25, -0.2) is 0 Å². The van der Waals surface area contributed by atoms with E-state index in [4.69, 9.17) is 9.39 Å². The molecule has 2 heterocycles. The number of hydrogen-bond acceptors (Lipinski definition) is 3. The normalized spacial score (nSPS) is 13.9. The number of rotatable bonds is 2. The van der Waals surface area contributed by atoms with E-state index < -0.39 is 0 Å². The minimum Gasteiger partial charge on any atom is -0.497 e. The zero-order chi connectivity index (χ0) is 11.0. The van der Waals surface area contributed by atoms with E-state index in [0.717, 1.165) is 5.75 Å². The molecule has 80 valence electrons. The van der Waals surface area contributed by atoms with Crippen LogP contribution in [0, 0.1) is 0 Å². The molecule has 0 fully saturated rings. The van der Waals surface area contributed by atoms with Gasteiger partial charge in [-0.1, -0.05) is 18.2 Å². The molecule has 0 N–H and O–H groups in total. The second-order valence-electron chi connectivity index (χ2n) is 3.77. The Morgan fingerprint density at radius 2 is 2.31 bits per heavy atom. The van der Waals surface area contributed by atoms with E-state index in [2.05, 4.69) is 29.6 Å². The third-order valence-electron chi connectivity index (χ3n) is 2.84. The van der Waals surface area contributed by atoms with Crippen LogP contribution in [0.1, 0.15) is 5.56 Å².